The van der Waals surface area contributed by atoms with Crippen LogP contribution in [-0.2, 0) is 5.41 Å². The van der Waals surface area contributed by atoms with Crippen molar-refractivity contribution in [2.24, 2.45) is 41.4 Å². The quantitative estimate of drug-likeness (QED) is 0.244. The molecule has 0 aliphatic heterocycles. The van der Waals surface area contributed by atoms with Crippen molar-refractivity contribution in [1.82, 2.24) is 0 Å². The zero-order valence-corrected chi connectivity index (χ0v) is 20.8. The topological polar surface area (TPSA) is 0 Å². The Hall–Kier alpha value is -2.86. The molecule has 8 bridgehead atoms. The molecule has 0 aromatic heterocycles. The molecule has 36 heavy (non-hydrogen) atoms. The first-order valence-corrected chi connectivity index (χ1v) is 14.5. The first kappa shape index (κ1) is 19.3. The molecule has 0 N–H and O–H groups in total. The summed E-state index contributed by atoms with van der Waals surface area (Å²) in [5, 5.41) is 2.84. The van der Waals surface area contributed by atoms with Gasteiger partial charge in [-0.05, 0) is 135 Å². The van der Waals surface area contributed by atoms with E-state index >= 15 is 0 Å². The molecule has 0 amide bonds. The molecule has 176 valence electrons. The summed E-state index contributed by atoms with van der Waals surface area (Å²) in [5.74, 6) is 7.52. The van der Waals surface area contributed by atoms with Gasteiger partial charge in [0.25, 0.3) is 0 Å². The number of benzene rings is 4. The van der Waals surface area contributed by atoms with Crippen molar-refractivity contribution >= 4 is 10.8 Å². The molecule has 0 unspecified atom stereocenters. The standard InChI is InChI=1S/C36H32/c1-2-5-25-24(4-1)27-7-3-6-26-23(12-13-28(25)35(26)27)21-8-10-22(11-9-21)36-17-32-29-14-20-15-30(32)34(19-36)31(16-20)33(29)18-36/h1-13,20,29-34H,14-19H2. The zero-order chi connectivity index (χ0) is 23.2. The van der Waals surface area contributed by atoms with E-state index in [-0.39, 0.29) is 0 Å². The fourth-order valence-corrected chi connectivity index (χ4v) is 11.3. The van der Waals surface area contributed by atoms with Gasteiger partial charge in [0.05, 0.1) is 0 Å². The maximum Gasteiger partial charge on any atom is -0.00201 e. The second-order valence-corrected chi connectivity index (χ2v) is 13.5. The minimum absolute atomic E-state index is 0.482. The highest BCUT2D eigenvalue weighted by Gasteiger charge is 2.67. The number of fused-ring (bicyclic) bond motifs is 3. The van der Waals surface area contributed by atoms with E-state index in [0.29, 0.717) is 5.41 Å². The van der Waals surface area contributed by atoms with E-state index in [4.69, 9.17) is 0 Å². The fourth-order valence-electron chi connectivity index (χ4n) is 11.3. The molecule has 0 spiro atoms. The van der Waals surface area contributed by atoms with E-state index in [1.54, 1.807) is 24.8 Å². The molecule has 0 atom stereocenters. The lowest BCUT2D eigenvalue weighted by molar-refractivity contribution is -0.212. The zero-order valence-electron chi connectivity index (χ0n) is 20.8. The molecular weight excluding hydrogens is 432 g/mol. The Morgan fingerprint density at radius 1 is 0.472 bits per heavy atom. The third-order valence-electron chi connectivity index (χ3n) is 12.4. The van der Waals surface area contributed by atoms with Crippen LogP contribution in [0.4, 0.5) is 0 Å². The maximum atomic E-state index is 2.54. The highest BCUT2D eigenvalue weighted by atomic mass is 14.7. The summed E-state index contributed by atoms with van der Waals surface area (Å²) < 4.78 is 0. The van der Waals surface area contributed by atoms with Crippen LogP contribution in [0.2, 0.25) is 0 Å². The van der Waals surface area contributed by atoms with Gasteiger partial charge in [-0.25, -0.2) is 0 Å². The Kier molecular flexibility index (Phi) is 3.39. The number of hydrogen-bond acceptors (Lipinski definition) is 0. The van der Waals surface area contributed by atoms with Crippen LogP contribution in [0.15, 0.2) is 78.9 Å². The van der Waals surface area contributed by atoms with E-state index in [0.717, 1.165) is 41.4 Å². The second kappa shape index (κ2) is 6.34. The minimum atomic E-state index is 0.482. The summed E-state index contributed by atoms with van der Waals surface area (Å²) in [4.78, 5) is 0. The normalized spacial score (nSPS) is 37.7. The van der Waals surface area contributed by atoms with E-state index in [1.165, 1.54) is 63.4 Å². The van der Waals surface area contributed by atoms with Crippen molar-refractivity contribution in [2.75, 3.05) is 0 Å². The average molecular weight is 465 g/mol. The summed E-state index contributed by atoms with van der Waals surface area (Å²) in [5.41, 5.74) is 10.5. The SMILES string of the molecule is c1ccc2c(c1)-c1cccc3c(-c4ccc(C56CC7C8CC9CC7C(C5)C(C9)C8C6)cc4)ccc-2c13. The summed E-state index contributed by atoms with van der Waals surface area (Å²) in [7, 11) is 0. The van der Waals surface area contributed by atoms with E-state index in [2.05, 4.69) is 78.9 Å². The molecule has 0 heteroatoms. The summed E-state index contributed by atoms with van der Waals surface area (Å²) in [6.45, 7) is 0. The number of hydrogen-bond donors (Lipinski definition) is 0. The lowest BCUT2D eigenvalue weighted by Gasteiger charge is -2.72. The Morgan fingerprint density at radius 3 is 1.67 bits per heavy atom. The van der Waals surface area contributed by atoms with Crippen molar-refractivity contribution in [1.29, 1.82) is 0 Å². The van der Waals surface area contributed by atoms with Crippen molar-refractivity contribution in [2.45, 2.75) is 43.9 Å². The Morgan fingerprint density at radius 2 is 1.03 bits per heavy atom. The molecule has 8 aliphatic carbocycles. The molecule has 12 rings (SSSR count). The fraction of sp³-hybridized carbons (Fsp3) is 0.389. The molecular formula is C36H32. The van der Waals surface area contributed by atoms with Crippen molar-refractivity contribution in [3.05, 3.63) is 84.4 Å². The van der Waals surface area contributed by atoms with Crippen molar-refractivity contribution < 1.29 is 0 Å². The van der Waals surface area contributed by atoms with Gasteiger partial charge in [-0.1, -0.05) is 78.9 Å². The van der Waals surface area contributed by atoms with Gasteiger partial charge in [0, 0.05) is 0 Å². The molecule has 0 saturated heterocycles. The number of rotatable bonds is 2. The van der Waals surface area contributed by atoms with Crippen LogP contribution >= 0.6 is 0 Å². The third-order valence-corrected chi connectivity index (χ3v) is 12.4. The minimum Gasteiger partial charge on any atom is -0.0616 e. The van der Waals surface area contributed by atoms with Crippen molar-refractivity contribution in [3.63, 3.8) is 0 Å². The Bertz CT molecular complexity index is 1500. The van der Waals surface area contributed by atoms with Gasteiger partial charge in [-0.3, -0.25) is 0 Å². The molecule has 4 aromatic carbocycles. The molecule has 4 aromatic rings. The van der Waals surface area contributed by atoms with Gasteiger partial charge in [0.1, 0.15) is 0 Å². The largest absolute Gasteiger partial charge is 0.0616 e. The first-order chi connectivity index (χ1) is 17.8. The first-order valence-electron chi connectivity index (χ1n) is 14.5. The summed E-state index contributed by atoms with van der Waals surface area (Å²) >= 11 is 0. The van der Waals surface area contributed by atoms with Crippen LogP contribution in [0.3, 0.4) is 0 Å². The molecule has 0 nitrogen and oxygen atoms in total. The van der Waals surface area contributed by atoms with Crippen LogP contribution in [0, 0.1) is 41.4 Å². The molecule has 0 heterocycles. The predicted octanol–water partition coefficient (Wildman–Crippen LogP) is 9.11. The predicted molar refractivity (Wildman–Crippen MR) is 148 cm³/mol. The average Bonchev–Trinajstić information content (AvgIpc) is 3.27. The van der Waals surface area contributed by atoms with Crippen LogP contribution in [0.1, 0.15) is 44.1 Å². The Labute approximate surface area is 213 Å². The van der Waals surface area contributed by atoms with Crippen LogP contribution < -0.4 is 0 Å². The van der Waals surface area contributed by atoms with Crippen LogP contribution in [-0.4, -0.2) is 0 Å². The van der Waals surface area contributed by atoms with Crippen molar-refractivity contribution in [3.8, 4) is 33.4 Å². The highest BCUT2D eigenvalue weighted by molar-refractivity contribution is 6.18. The van der Waals surface area contributed by atoms with Gasteiger partial charge in [-0.15, -0.1) is 0 Å². The Balaban J connectivity index is 1.06. The lowest BCUT2D eigenvalue weighted by atomic mass is 9.32. The molecule has 0 radical (unpaired) electrons. The van der Waals surface area contributed by atoms with Gasteiger partial charge < -0.3 is 0 Å². The monoisotopic (exact) mass is 464 g/mol. The van der Waals surface area contributed by atoms with Gasteiger partial charge in [0.2, 0.25) is 0 Å². The van der Waals surface area contributed by atoms with E-state index in [9.17, 15) is 0 Å². The second-order valence-electron chi connectivity index (χ2n) is 13.5. The smallest absolute Gasteiger partial charge is 0.00201 e. The van der Waals surface area contributed by atoms with Gasteiger partial charge >= 0.3 is 0 Å². The molecule has 7 saturated carbocycles. The third kappa shape index (κ3) is 2.17. The van der Waals surface area contributed by atoms with Crippen LogP contribution in [0.5, 0.6) is 0 Å². The highest BCUT2D eigenvalue weighted by Crippen LogP contribution is 2.74. The van der Waals surface area contributed by atoms with E-state index in [1.807, 2.05) is 0 Å². The van der Waals surface area contributed by atoms with Gasteiger partial charge in [0.15, 0.2) is 0 Å². The lowest BCUT2D eigenvalue weighted by Crippen LogP contribution is -2.66. The molecule has 8 aliphatic rings. The maximum absolute atomic E-state index is 2.54. The summed E-state index contributed by atoms with van der Waals surface area (Å²) in [6.07, 6.45) is 9.23. The van der Waals surface area contributed by atoms with Crippen LogP contribution in [0.25, 0.3) is 44.2 Å². The summed E-state index contributed by atoms with van der Waals surface area (Å²) in [6, 6.07) is 30.5. The van der Waals surface area contributed by atoms with Gasteiger partial charge in [-0.2, -0.15) is 0 Å². The molecule has 7 fully saturated rings. The van der Waals surface area contributed by atoms with E-state index < -0.39 is 0 Å².